The number of carbonyl (C=O) groups excluding carboxylic acids is 1. The zero-order valence-electron chi connectivity index (χ0n) is 22.6. The molecule has 4 aromatic rings. The molecule has 3 aromatic carbocycles. The topological polar surface area (TPSA) is 101 Å². The van der Waals surface area contributed by atoms with Gasteiger partial charge in [-0.2, -0.15) is 0 Å². The van der Waals surface area contributed by atoms with Crippen molar-refractivity contribution in [1.29, 1.82) is 0 Å². The number of rotatable bonds is 9. The minimum atomic E-state index is -0.943. The van der Waals surface area contributed by atoms with Gasteiger partial charge in [0.2, 0.25) is 0 Å². The van der Waals surface area contributed by atoms with E-state index in [9.17, 15) is 9.59 Å². The van der Waals surface area contributed by atoms with Crippen LogP contribution >= 0.6 is 11.3 Å². The number of amides is 1. The molecule has 0 bridgehead atoms. The average Bonchev–Trinajstić information content (AvgIpc) is 3.60. The molecule has 1 aromatic heterocycles. The highest BCUT2D eigenvalue weighted by Gasteiger charge is 2.20. The highest BCUT2D eigenvalue weighted by Crippen LogP contribution is 2.38. The molecule has 0 saturated heterocycles. The molecule has 41 heavy (non-hydrogen) atoms. The summed E-state index contributed by atoms with van der Waals surface area (Å²) in [6.45, 7) is 1.96. The Morgan fingerprint density at radius 1 is 0.927 bits per heavy atom. The van der Waals surface area contributed by atoms with E-state index in [2.05, 4.69) is 33.8 Å². The zero-order chi connectivity index (χ0) is 28.2. The lowest BCUT2D eigenvalue weighted by atomic mass is 10.1. The van der Waals surface area contributed by atoms with E-state index < -0.39 is 5.97 Å². The maximum atomic E-state index is 12.4. The lowest BCUT2D eigenvalue weighted by Gasteiger charge is -2.23. The molecule has 0 unspecified atom stereocenters. The highest BCUT2D eigenvalue weighted by molar-refractivity contribution is 7.14. The fraction of sp³-hybridized carbons (Fsp3) is 0.281. The number of hydrogen-bond acceptors (Lipinski definition) is 7. The van der Waals surface area contributed by atoms with Crippen molar-refractivity contribution in [2.24, 2.45) is 0 Å². The molecule has 1 aliphatic heterocycles. The van der Waals surface area contributed by atoms with Crippen LogP contribution in [0.2, 0.25) is 0 Å². The number of thiazole rings is 1. The second-order valence-electron chi connectivity index (χ2n) is 10.2. The quantitative estimate of drug-likeness (QED) is 0.255. The minimum absolute atomic E-state index is 0.0950. The smallest absolute Gasteiger partial charge is 0.305 e. The summed E-state index contributed by atoms with van der Waals surface area (Å²) in [5.41, 5.74) is 7.26. The average molecular weight is 570 g/mol. The largest absolute Gasteiger partial charge is 0.490 e. The highest BCUT2D eigenvalue weighted by atomic mass is 32.1. The molecule has 6 rings (SSSR count). The van der Waals surface area contributed by atoms with E-state index in [1.165, 1.54) is 17.5 Å². The summed E-state index contributed by atoms with van der Waals surface area (Å²) in [5.74, 6) is 0.285. The summed E-state index contributed by atoms with van der Waals surface area (Å²) in [6, 6.07) is 20.1. The summed E-state index contributed by atoms with van der Waals surface area (Å²) in [5, 5.41) is 14.4. The van der Waals surface area contributed by atoms with Gasteiger partial charge < -0.3 is 24.8 Å². The van der Waals surface area contributed by atoms with Gasteiger partial charge in [0, 0.05) is 35.2 Å². The number of nitrogens with one attached hydrogen (secondary N) is 1. The Bertz CT molecular complexity index is 1570. The standard InChI is InChI=1S/C32H31N3O5S/c36-30(37)13-14-33-31(38)23-7-5-21(6-8-23)19-35(26-11-9-22-3-1-4-24(22)17-26)32-34-27(20-41-32)25-10-12-28-29(18-25)40-16-2-15-39-28/h5-12,17-18,20H,1-4,13-16,19H2,(H,33,38)(H,36,37). The van der Waals surface area contributed by atoms with Gasteiger partial charge in [0.1, 0.15) is 0 Å². The third kappa shape index (κ3) is 6.20. The number of carboxylic acid groups (broad SMARTS) is 1. The van der Waals surface area contributed by atoms with Crippen LogP contribution in [0, 0.1) is 0 Å². The number of aliphatic carboxylic acids is 1. The van der Waals surface area contributed by atoms with E-state index in [-0.39, 0.29) is 18.9 Å². The van der Waals surface area contributed by atoms with Crippen LogP contribution in [0.1, 0.15) is 46.3 Å². The van der Waals surface area contributed by atoms with Gasteiger partial charge in [-0.05, 0) is 78.4 Å². The van der Waals surface area contributed by atoms with E-state index >= 15 is 0 Å². The monoisotopic (exact) mass is 569 g/mol. The second kappa shape index (κ2) is 12.0. The van der Waals surface area contributed by atoms with Gasteiger partial charge in [-0.3, -0.25) is 9.59 Å². The van der Waals surface area contributed by atoms with Gasteiger partial charge >= 0.3 is 5.97 Å². The van der Waals surface area contributed by atoms with E-state index in [1.54, 1.807) is 23.5 Å². The first-order valence-electron chi connectivity index (χ1n) is 13.9. The molecule has 2 N–H and O–H groups in total. The lowest BCUT2D eigenvalue weighted by molar-refractivity contribution is -0.136. The Balaban J connectivity index is 1.26. The number of aryl methyl sites for hydroxylation is 2. The second-order valence-corrected chi connectivity index (χ2v) is 11.1. The molecule has 2 aliphatic rings. The lowest BCUT2D eigenvalue weighted by Crippen LogP contribution is -2.26. The Labute approximate surface area is 242 Å². The summed E-state index contributed by atoms with van der Waals surface area (Å²) in [6.07, 6.45) is 4.14. The molecule has 0 atom stereocenters. The van der Waals surface area contributed by atoms with E-state index in [0.717, 1.165) is 58.4 Å². The van der Waals surface area contributed by atoms with Crippen LogP contribution in [0.15, 0.2) is 66.0 Å². The van der Waals surface area contributed by atoms with Crippen molar-refractivity contribution >= 4 is 34.0 Å². The van der Waals surface area contributed by atoms with Gasteiger partial charge in [-0.25, -0.2) is 4.98 Å². The number of carboxylic acids is 1. The Morgan fingerprint density at radius 3 is 2.56 bits per heavy atom. The van der Waals surface area contributed by atoms with Crippen molar-refractivity contribution in [2.45, 2.75) is 38.6 Å². The maximum absolute atomic E-state index is 12.4. The molecule has 0 radical (unpaired) electrons. The normalized spacial score (nSPS) is 13.8. The number of ether oxygens (including phenoxy) is 2. The molecule has 1 amide bonds. The SMILES string of the molecule is O=C(O)CCNC(=O)c1ccc(CN(c2ccc3c(c2)CCC3)c2nc(-c3ccc4c(c3)OCCCO4)cs2)cc1. The van der Waals surface area contributed by atoms with Crippen LogP contribution in [0.4, 0.5) is 10.8 Å². The summed E-state index contributed by atoms with van der Waals surface area (Å²) in [7, 11) is 0. The molecular weight excluding hydrogens is 538 g/mol. The van der Waals surface area contributed by atoms with Crippen LogP contribution in [-0.4, -0.2) is 41.7 Å². The number of fused-ring (bicyclic) bond motifs is 2. The van der Waals surface area contributed by atoms with Crippen molar-refractivity contribution in [3.05, 3.63) is 88.3 Å². The molecule has 2 heterocycles. The van der Waals surface area contributed by atoms with Crippen molar-refractivity contribution in [1.82, 2.24) is 10.3 Å². The molecule has 8 nitrogen and oxygen atoms in total. The minimum Gasteiger partial charge on any atom is -0.490 e. The van der Waals surface area contributed by atoms with Crippen LogP contribution < -0.4 is 19.7 Å². The Morgan fingerprint density at radius 2 is 1.73 bits per heavy atom. The Hall–Kier alpha value is -4.37. The first kappa shape index (κ1) is 26.8. The maximum Gasteiger partial charge on any atom is 0.305 e. The van der Waals surface area contributed by atoms with Gasteiger partial charge in [-0.1, -0.05) is 18.2 Å². The van der Waals surface area contributed by atoms with Crippen molar-refractivity contribution in [3.63, 3.8) is 0 Å². The predicted octanol–water partition coefficient (Wildman–Crippen LogP) is 6.00. The van der Waals surface area contributed by atoms with Crippen molar-refractivity contribution in [2.75, 3.05) is 24.7 Å². The number of carbonyl (C=O) groups is 2. The molecular formula is C32H31N3O5S. The van der Waals surface area contributed by atoms with Gasteiger partial charge in [0.05, 0.1) is 31.9 Å². The number of hydrogen-bond donors (Lipinski definition) is 2. The molecule has 210 valence electrons. The molecule has 0 fully saturated rings. The van der Waals surface area contributed by atoms with Crippen LogP contribution in [0.3, 0.4) is 0 Å². The van der Waals surface area contributed by atoms with Crippen LogP contribution in [0.25, 0.3) is 11.3 Å². The van der Waals surface area contributed by atoms with Crippen molar-refractivity contribution < 1.29 is 24.2 Å². The van der Waals surface area contributed by atoms with Crippen LogP contribution in [-0.2, 0) is 24.2 Å². The molecule has 0 spiro atoms. The first-order chi connectivity index (χ1) is 20.0. The van der Waals surface area contributed by atoms with E-state index in [4.69, 9.17) is 19.6 Å². The fourth-order valence-corrected chi connectivity index (χ4v) is 6.02. The zero-order valence-corrected chi connectivity index (χ0v) is 23.4. The molecule has 1 aliphatic carbocycles. The number of anilines is 2. The summed E-state index contributed by atoms with van der Waals surface area (Å²) < 4.78 is 11.7. The number of aromatic nitrogens is 1. The predicted molar refractivity (Wildman–Crippen MR) is 158 cm³/mol. The van der Waals surface area contributed by atoms with Gasteiger partial charge in [-0.15, -0.1) is 11.3 Å². The third-order valence-corrected chi connectivity index (χ3v) is 8.20. The van der Waals surface area contributed by atoms with Gasteiger partial charge in [0.15, 0.2) is 16.6 Å². The number of benzene rings is 3. The third-order valence-electron chi connectivity index (χ3n) is 7.34. The molecule has 9 heteroatoms. The Kier molecular flexibility index (Phi) is 7.86. The van der Waals surface area contributed by atoms with Crippen molar-refractivity contribution in [3.8, 4) is 22.8 Å². The van der Waals surface area contributed by atoms with E-state index in [0.29, 0.717) is 25.3 Å². The summed E-state index contributed by atoms with van der Waals surface area (Å²) in [4.78, 5) is 30.4. The van der Waals surface area contributed by atoms with Gasteiger partial charge in [0.25, 0.3) is 5.91 Å². The van der Waals surface area contributed by atoms with E-state index in [1.807, 2.05) is 30.3 Å². The van der Waals surface area contributed by atoms with Crippen LogP contribution in [0.5, 0.6) is 11.5 Å². The fourth-order valence-electron chi connectivity index (χ4n) is 5.17. The first-order valence-corrected chi connectivity index (χ1v) is 14.8. The number of nitrogens with zero attached hydrogens (tertiary/aromatic N) is 2. The molecule has 0 saturated carbocycles. The summed E-state index contributed by atoms with van der Waals surface area (Å²) >= 11 is 1.59.